The van der Waals surface area contributed by atoms with E-state index in [1.165, 1.54) is 5.01 Å². The van der Waals surface area contributed by atoms with Gasteiger partial charge in [-0.25, -0.2) is 4.98 Å². The molecule has 1 aliphatic rings. The molecule has 3 heterocycles. The molecule has 23 heavy (non-hydrogen) atoms. The van der Waals surface area contributed by atoms with Crippen LogP contribution in [0.2, 0.25) is 0 Å². The van der Waals surface area contributed by atoms with Crippen molar-refractivity contribution in [1.29, 1.82) is 0 Å². The first kappa shape index (κ1) is 16.1. The van der Waals surface area contributed by atoms with Crippen LogP contribution in [0.5, 0.6) is 0 Å². The summed E-state index contributed by atoms with van der Waals surface area (Å²) in [5.41, 5.74) is 2.15. The van der Waals surface area contributed by atoms with Gasteiger partial charge in [-0.3, -0.25) is 9.78 Å². The molecule has 1 fully saturated rings. The number of piperidine rings is 1. The van der Waals surface area contributed by atoms with Crippen LogP contribution in [0.4, 0.5) is 0 Å². The average molecular weight is 329 g/mol. The maximum Gasteiger partial charge on any atom is 0.222 e. The average Bonchev–Trinajstić information content (AvgIpc) is 3.02. The zero-order chi connectivity index (χ0) is 16.1. The zero-order valence-corrected chi connectivity index (χ0v) is 14.4. The fraction of sp³-hybridized carbons (Fsp3) is 0.500. The first-order valence-electron chi connectivity index (χ1n) is 8.32. The van der Waals surface area contributed by atoms with Crippen molar-refractivity contribution in [2.24, 2.45) is 0 Å². The molecule has 0 N–H and O–H groups in total. The molecule has 2 aromatic heterocycles. The van der Waals surface area contributed by atoms with Gasteiger partial charge in [0, 0.05) is 48.4 Å². The molecule has 0 spiro atoms. The summed E-state index contributed by atoms with van der Waals surface area (Å²) in [6.07, 6.45) is 6.38. The van der Waals surface area contributed by atoms with E-state index < -0.39 is 0 Å². The van der Waals surface area contributed by atoms with Gasteiger partial charge in [-0.1, -0.05) is 6.07 Å². The van der Waals surface area contributed by atoms with Crippen molar-refractivity contribution in [2.45, 2.75) is 44.9 Å². The Morgan fingerprint density at radius 2 is 2.35 bits per heavy atom. The second-order valence-electron chi connectivity index (χ2n) is 6.18. The van der Waals surface area contributed by atoms with Crippen LogP contribution < -0.4 is 0 Å². The third-order valence-corrected chi connectivity index (χ3v) is 5.43. The number of carbonyl (C=O) groups excluding carboxylic acids is 1. The fourth-order valence-corrected chi connectivity index (χ4v) is 4.02. The molecule has 1 saturated heterocycles. The highest BCUT2D eigenvalue weighted by atomic mass is 32.1. The van der Waals surface area contributed by atoms with Crippen LogP contribution in [0.25, 0.3) is 0 Å². The van der Waals surface area contributed by atoms with Crippen LogP contribution in [0, 0.1) is 6.92 Å². The Hall–Kier alpha value is -1.75. The second-order valence-corrected chi connectivity index (χ2v) is 7.07. The second kappa shape index (κ2) is 7.68. The van der Waals surface area contributed by atoms with Crippen LogP contribution in [0.3, 0.4) is 0 Å². The molecular weight excluding hydrogens is 306 g/mol. The summed E-state index contributed by atoms with van der Waals surface area (Å²) in [7, 11) is 0. The van der Waals surface area contributed by atoms with Crippen molar-refractivity contribution >= 4 is 17.2 Å². The van der Waals surface area contributed by atoms with Crippen molar-refractivity contribution in [3.05, 3.63) is 46.2 Å². The summed E-state index contributed by atoms with van der Waals surface area (Å²) in [6, 6.07) is 5.93. The lowest BCUT2D eigenvalue weighted by Gasteiger charge is -2.32. The molecule has 0 radical (unpaired) electrons. The monoisotopic (exact) mass is 329 g/mol. The van der Waals surface area contributed by atoms with Crippen molar-refractivity contribution in [3.63, 3.8) is 0 Å². The summed E-state index contributed by atoms with van der Waals surface area (Å²) >= 11 is 1.73. The van der Waals surface area contributed by atoms with E-state index in [1.54, 1.807) is 11.3 Å². The Labute approximate surface area is 141 Å². The number of hydrogen-bond acceptors (Lipinski definition) is 4. The number of aromatic nitrogens is 2. The van der Waals surface area contributed by atoms with Gasteiger partial charge < -0.3 is 4.90 Å². The number of amides is 1. The lowest BCUT2D eigenvalue weighted by atomic mass is 9.98. The van der Waals surface area contributed by atoms with Gasteiger partial charge >= 0.3 is 0 Å². The molecule has 2 aromatic rings. The van der Waals surface area contributed by atoms with Gasteiger partial charge in [0.15, 0.2) is 0 Å². The summed E-state index contributed by atoms with van der Waals surface area (Å²) in [5, 5.41) is 3.29. The van der Waals surface area contributed by atoms with Crippen molar-refractivity contribution in [2.75, 3.05) is 13.1 Å². The number of aryl methyl sites for hydroxylation is 2. The molecular formula is C18H23N3OS. The maximum absolute atomic E-state index is 12.5. The molecule has 4 nitrogen and oxygen atoms in total. The van der Waals surface area contributed by atoms with E-state index in [0.717, 1.165) is 50.2 Å². The first-order valence-corrected chi connectivity index (χ1v) is 9.20. The molecule has 1 unspecified atom stereocenters. The topological polar surface area (TPSA) is 46.1 Å². The minimum absolute atomic E-state index is 0.277. The van der Waals surface area contributed by atoms with Gasteiger partial charge in [0.05, 0.1) is 5.01 Å². The highest BCUT2D eigenvalue weighted by Gasteiger charge is 2.26. The molecule has 1 amide bonds. The molecule has 0 aliphatic carbocycles. The standard InChI is InChI=1S/C18H23N3OS/c1-14-13-23-18(20-14)15-6-5-11-21(12-15)17(22)9-4-8-16-7-2-3-10-19-16/h2-3,7,10,13,15H,4-6,8-9,11-12H2,1H3. The van der Waals surface area contributed by atoms with Gasteiger partial charge in [0.25, 0.3) is 0 Å². The number of rotatable bonds is 5. The first-order chi connectivity index (χ1) is 11.2. The van der Waals surface area contributed by atoms with Gasteiger partial charge in [-0.15, -0.1) is 11.3 Å². The van der Waals surface area contributed by atoms with Crippen molar-refractivity contribution < 1.29 is 4.79 Å². The number of hydrogen-bond donors (Lipinski definition) is 0. The lowest BCUT2D eigenvalue weighted by Crippen LogP contribution is -2.39. The van der Waals surface area contributed by atoms with Crippen LogP contribution in [-0.2, 0) is 11.2 Å². The maximum atomic E-state index is 12.5. The largest absolute Gasteiger partial charge is 0.342 e. The third-order valence-electron chi connectivity index (χ3n) is 4.31. The Balaban J connectivity index is 1.49. The molecule has 1 aliphatic heterocycles. The van der Waals surface area contributed by atoms with Crippen LogP contribution in [0.15, 0.2) is 29.8 Å². The number of nitrogens with zero attached hydrogens (tertiary/aromatic N) is 3. The number of pyridine rings is 1. The normalized spacial score (nSPS) is 18.1. The number of likely N-dealkylation sites (tertiary alicyclic amines) is 1. The SMILES string of the molecule is Cc1csc(C2CCCN(C(=O)CCCc3ccccn3)C2)n1. The van der Waals surface area contributed by atoms with Crippen LogP contribution in [0.1, 0.15) is 48.0 Å². The predicted octanol–water partition coefficient (Wildman–Crippen LogP) is 3.58. The quantitative estimate of drug-likeness (QED) is 0.842. The van der Waals surface area contributed by atoms with E-state index in [-0.39, 0.29) is 5.91 Å². The Bertz CT molecular complexity index is 641. The van der Waals surface area contributed by atoms with Gasteiger partial charge in [-0.05, 0) is 44.7 Å². The molecule has 0 bridgehead atoms. The molecule has 0 saturated carbocycles. The third kappa shape index (κ3) is 4.38. The number of thiazole rings is 1. The zero-order valence-electron chi connectivity index (χ0n) is 13.6. The van der Waals surface area contributed by atoms with Gasteiger partial charge in [-0.2, -0.15) is 0 Å². The highest BCUT2D eigenvalue weighted by molar-refractivity contribution is 7.09. The summed E-state index contributed by atoms with van der Waals surface area (Å²) in [4.78, 5) is 23.4. The van der Waals surface area contributed by atoms with Crippen LogP contribution in [-0.4, -0.2) is 33.9 Å². The van der Waals surface area contributed by atoms with Crippen molar-refractivity contribution in [1.82, 2.24) is 14.9 Å². The lowest BCUT2D eigenvalue weighted by molar-refractivity contribution is -0.132. The Morgan fingerprint density at radius 3 is 3.09 bits per heavy atom. The van der Waals surface area contributed by atoms with Gasteiger partial charge in [0.1, 0.15) is 0 Å². The molecule has 5 heteroatoms. The molecule has 1 atom stereocenters. The molecule has 0 aromatic carbocycles. The summed E-state index contributed by atoms with van der Waals surface area (Å²) in [5.74, 6) is 0.695. The van der Waals surface area contributed by atoms with Crippen molar-refractivity contribution in [3.8, 4) is 0 Å². The Kier molecular flexibility index (Phi) is 5.39. The minimum Gasteiger partial charge on any atom is -0.342 e. The van der Waals surface area contributed by atoms with E-state index >= 15 is 0 Å². The summed E-state index contributed by atoms with van der Waals surface area (Å²) in [6.45, 7) is 3.75. The van der Waals surface area contributed by atoms with E-state index in [9.17, 15) is 4.79 Å². The smallest absolute Gasteiger partial charge is 0.222 e. The van der Waals surface area contributed by atoms with E-state index in [4.69, 9.17) is 0 Å². The van der Waals surface area contributed by atoms with E-state index in [1.807, 2.05) is 36.2 Å². The molecule has 122 valence electrons. The van der Waals surface area contributed by atoms with E-state index in [0.29, 0.717) is 12.3 Å². The predicted molar refractivity (Wildman–Crippen MR) is 92.6 cm³/mol. The van der Waals surface area contributed by atoms with E-state index in [2.05, 4.69) is 15.3 Å². The highest BCUT2D eigenvalue weighted by Crippen LogP contribution is 2.29. The van der Waals surface area contributed by atoms with Gasteiger partial charge in [0.2, 0.25) is 5.91 Å². The summed E-state index contributed by atoms with van der Waals surface area (Å²) < 4.78 is 0. The minimum atomic E-state index is 0.277. The van der Waals surface area contributed by atoms with Crippen LogP contribution >= 0.6 is 11.3 Å². The molecule has 3 rings (SSSR count). The fourth-order valence-electron chi connectivity index (χ4n) is 3.09. The number of carbonyl (C=O) groups is 1. The Morgan fingerprint density at radius 1 is 1.43 bits per heavy atom.